The molecule has 0 aromatic heterocycles. The first-order valence-corrected chi connectivity index (χ1v) is 14.3. The van der Waals surface area contributed by atoms with Gasteiger partial charge in [-0.15, -0.1) is 0 Å². The Morgan fingerprint density at radius 3 is 1.42 bits per heavy atom. The fourth-order valence-electron chi connectivity index (χ4n) is 4.13. The molecule has 0 fully saturated rings. The molecule has 0 amide bonds. The molecule has 6 heteroatoms. The minimum absolute atomic E-state index is 0.375. The molecule has 0 aliphatic rings. The van der Waals surface area contributed by atoms with E-state index in [1.165, 1.54) is 64.2 Å². The van der Waals surface area contributed by atoms with E-state index in [0.717, 1.165) is 39.0 Å². The van der Waals surface area contributed by atoms with E-state index in [0.29, 0.717) is 24.3 Å². The normalized spacial score (nSPS) is 11.3. The SMILES string of the molecule is CCCCCCCN(C)CCCOC(=O)c1cccc(C(=O)OCCCN(C)CCCCCCC)c1. The highest BCUT2D eigenvalue weighted by Gasteiger charge is 2.13. The number of ether oxygens (including phenoxy) is 2. The van der Waals surface area contributed by atoms with Crippen LogP contribution in [0.5, 0.6) is 0 Å². The minimum Gasteiger partial charge on any atom is -0.462 e. The highest BCUT2D eigenvalue weighted by atomic mass is 16.5. The molecular formula is C30H52N2O4. The molecule has 206 valence electrons. The average molecular weight is 505 g/mol. The molecular weight excluding hydrogens is 452 g/mol. The van der Waals surface area contributed by atoms with Gasteiger partial charge in [-0.3, -0.25) is 0 Å². The molecule has 0 saturated carbocycles. The maximum atomic E-state index is 12.4. The van der Waals surface area contributed by atoms with Crippen molar-refractivity contribution in [2.75, 3.05) is 53.5 Å². The van der Waals surface area contributed by atoms with E-state index >= 15 is 0 Å². The average Bonchev–Trinajstić information content (AvgIpc) is 2.88. The summed E-state index contributed by atoms with van der Waals surface area (Å²) < 4.78 is 10.9. The van der Waals surface area contributed by atoms with Crippen molar-refractivity contribution in [3.8, 4) is 0 Å². The zero-order valence-electron chi connectivity index (χ0n) is 23.6. The first kappa shape index (κ1) is 32.1. The van der Waals surface area contributed by atoms with Crippen molar-refractivity contribution in [2.24, 2.45) is 0 Å². The molecule has 1 rings (SSSR count). The van der Waals surface area contributed by atoms with Crippen LogP contribution in [0.4, 0.5) is 0 Å². The molecule has 0 aliphatic heterocycles. The van der Waals surface area contributed by atoms with E-state index in [1.54, 1.807) is 24.3 Å². The third-order valence-electron chi connectivity index (χ3n) is 6.46. The number of unbranched alkanes of at least 4 members (excludes halogenated alkanes) is 8. The molecule has 0 spiro atoms. The number of rotatable bonds is 22. The second-order valence-electron chi connectivity index (χ2n) is 9.99. The van der Waals surface area contributed by atoms with Crippen LogP contribution >= 0.6 is 0 Å². The number of nitrogens with zero attached hydrogens (tertiary/aromatic N) is 2. The first-order valence-electron chi connectivity index (χ1n) is 14.3. The third-order valence-corrected chi connectivity index (χ3v) is 6.46. The summed E-state index contributed by atoms with van der Waals surface area (Å²) in [5, 5.41) is 0. The topological polar surface area (TPSA) is 59.1 Å². The second kappa shape index (κ2) is 21.2. The molecule has 0 unspecified atom stereocenters. The summed E-state index contributed by atoms with van der Waals surface area (Å²) in [6, 6.07) is 6.62. The van der Waals surface area contributed by atoms with Gasteiger partial charge in [0.05, 0.1) is 24.3 Å². The van der Waals surface area contributed by atoms with Gasteiger partial charge < -0.3 is 19.3 Å². The van der Waals surface area contributed by atoms with Crippen LogP contribution in [0, 0.1) is 0 Å². The summed E-state index contributed by atoms with van der Waals surface area (Å²) in [7, 11) is 4.23. The van der Waals surface area contributed by atoms with E-state index in [4.69, 9.17) is 9.47 Å². The lowest BCUT2D eigenvalue weighted by atomic mass is 10.1. The van der Waals surface area contributed by atoms with E-state index in [-0.39, 0.29) is 0 Å². The molecule has 0 saturated heterocycles. The Hall–Kier alpha value is -1.92. The Kier molecular flexibility index (Phi) is 18.9. The lowest BCUT2D eigenvalue weighted by molar-refractivity contribution is 0.0489. The zero-order chi connectivity index (χ0) is 26.4. The Labute approximate surface area is 220 Å². The van der Waals surface area contributed by atoms with E-state index < -0.39 is 11.9 Å². The summed E-state index contributed by atoms with van der Waals surface area (Å²) in [6.45, 7) is 9.18. The molecule has 1 aromatic rings. The number of carbonyl (C=O) groups excluding carboxylic acids is 2. The van der Waals surface area contributed by atoms with E-state index in [9.17, 15) is 9.59 Å². The molecule has 0 radical (unpaired) electrons. The van der Waals surface area contributed by atoms with Crippen molar-refractivity contribution in [1.82, 2.24) is 9.80 Å². The smallest absolute Gasteiger partial charge is 0.338 e. The summed E-state index contributed by atoms with van der Waals surface area (Å²) in [4.78, 5) is 29.4. The highest BCUT2D eigenvalue weighted by Crippen LogP contribution is 2.10. The van der Waals surface area contributed by atoms with E-state index in [2.05, 4.69) is 37.7 Å². The van der Waals surface area contributed by atoms with Gasteiger partial charge in [-0.2, -0.15) is 0 Å². The van der Waals surface area contributed by atoms with Crippen LogP contribution in [-0.4, -0.2) is 75.2 Å². The standard InChI is InChI=1S/C30H52N2O4/c1-5-7-9-11-13-20-31(3)22-16-24-35-29(33)27-18-15-19-28(26-27)30(34)36-25-17-23-32(4)21-14-12-10-8-6-2/h15,18-19,26H,5-14,16-17,20-25H2,1-4H3. The largest absolute Gasteiger partial charge is 0.462 e. The summed E-state index contributed by atoms with van der Waals surface area (Å²) >= 11 is 0. The first-order chi connectivity index (χ1) is 17.5. The Bertz CT molecular complexity index is 655. The molecule has 0 aliphatic carbocycles. The minimum atomic E-state index is -0.396. The van der Waals surface area contributed by atoms with Crippen LogP contribution in [0.1, 0.15) is 112 Å². The lowest BCUT2D eigenvalue weighted by Gasteiger charge is -2.16. The van der Waals surface area contributed by atoms with Gasteiger partial charge in [0.25, 0.3) is 0 Å². The van der Waals surface area contributed by atoms with Crippen molar-refractivity contribution < 1.29 is 19.1 Å². The highest BCUT2D eigenvalue weighted by molar-refractivity contribution is 5.95. The van der Waals surface area contributed by atoms with Gasteiger partial charge in [-0.05, 0) is 71.1 Å². The van der Waals surface area contributed by atoms with Crippen LogP contribution in [-0.2, 0) is 9.47 Å². The van der Waals surface area contributed by atoms with Crippen molar-refractivity contribution in [3.05, 3.63) is 35.4 Å². The van der Waals surface area contributed by atoms with Crippen molar-refractivity contribution in [1.29, 1.82) is 0 Å². The molecule has 6 nitrogen and oxygen atoms in total. The zero-order valence-corrected chi connectivity index (χ0v) is 23.6. The fourth-order valence-corrected chi connectivity index (χ4v) is 4.13. The van der Waals surface area contributed by atoms with Gasteiger partial charge in [-0.1, -0.05) is 71.3 Å². The Morgan fingerprint density at radius 2 is 1.00 bits per heavy atom. The number of hydrogen-bond acceptors (Lipinski definition) is 6. The molecule has 0 atom stereocenters. The fraction of sp³-hybridized carbons (Fsp3) is 0.733. The van der Waals surface area contributed by atoms with Gasteiger partial charge in [0.15, 0.2) is 0 Å². The van der Waals surface area contributed by atoms with Crippen molar-refractivity contribution in [2.45, 2.75) is 90.9 Å². The quantitative estimate of drug-likeness (QED) is 0.131. The van der Waals surface area contributed by atoms with Gasteiger partial charge in [0.2, 0.25) is 0 Å². The van der Waals surface area contributed by atoms with Crippen LogP contribution in [0.3, 0.4) is 0 Å². The Balaban J connectivity index is 2.23. The van der Waals surface area contributed by atoms with Crippen LogP contribution in [0.15, 0.2) is 24.3 Å². The van der Waals surface area contributed by atoms with Crippen molar-refractivity contribution in [3.63, 3.8) is 0 Å². The van der Waals surface area contributed by atoms with Gasteiger partial charge in [0.1, 0.15) is 0 Å². The number of hydrogen-bond donors (Lipinski definition) is 0. The summed E-state index contributed by atoms with van der Waals surface area (Å²) in [5.74, 6) is -0.792. The van der Waals surface area contributed by atoms with Gasteiger partial charge in [0, 0.05) is 13.1 Å². The van der Waals surface area contributed by atoms with Crippen molar-refractivity contribution >= 4 is 11.9 Å². The van der Waals surface area contributed by atoms with Crippen LogP contribution < -0.4 is 0 Å². The summed E-state index contributed by atoms with van der Waals surface area (Å²) in [6.07, 6.45) is 14.4. The molecule has 0 heterocycles. The number of carbonyl (C=O) groups is 2. The molecule has 0 N–H and O–H groups in total. The lowest BCUT2D eigenvalue weighted by Crippen LogP contribution is -2.22. The second-order valence-corrected chi connectivity index (χ2v) is 9.99. The molecule has 1 aromatic carbocycles. The predicted octanol–water partition coefficient (Wildman–Crippen LogP) is 6.58. The number of benzene rings is 1. The Morgan fingerprint density at radius 1 is 0.611 bits per heavy atom. The van der Waals surface area contributed by atoms with E-state index in [1.807, 2.05) is 0 Å². The molecule has 36 heavy (non-hydrogen) atoms. The van der Waals surface area contributed by atoms with Crippen LogP contribution in [0.25, 0.3) is 0 Å². The maximum absolute atomic E-state index is 12.4. The molecule has 0 bridgehead atoms. The maximum Gasteiger partial charge on any atom is 0.338 e. The van der Waals surface area contributed by atoms with Crippen LogP contribution in [0.2, 0.25) is 0 Å². The third kappa shape index (κ3) is 15.9. The number of esters is 2. The van der Waals surface area contributed by atoms with Gasteiger partial charge in [-0.25, -0.2) is 9.59 Å². The van der Waals surface area contributed by atoms with Gasteiger partial charge >= 0.3 is 11.9 Å². The summed E-state index contributed by atoms with van der Waals surface area (Å²) in [5.41, 5.74) is 0.771. The predicted molar refractivity (Wildman–Crippen MR) is 149 cm³/mol. The monoisotopic (exact) mass is 504 g/mol.